The Balaban J connectivity index is 1.77. The number of anilines is 1. The molecule has 0 bridgehead atoms. The second-order valence-electron chi connectivity index (χ2n) is 4.69. The van der Waals surface area contributed by atoms with E-state index >= 15 is 0 Å². The smallest absolute Gasteiger partial charge is 0.152 e. The van der Waals surface area contributed by atoms with Crippen LogP contribution in [-0.4, -0.2) is 21.6 Å². The van der Waals surface area contributed by atoms with Crippen LogP contribution in [-0.2, 0) is 0 Å². The molecular formula is C16H14ClN3O. The third kappa shape index (κ3) is 3.12. The van der Waals surface area contributed by atoms with Crippen LogP contribution in [0.3, 0.4) is 0 Å². The highest BCUT2D eigenvalue weighted by Crippen LogP contribution is 2.21. The topological polar surface area (TPSA) is 58.0 Å². The summed E-state index contributed by atoms with van der Waals surface area (Å²) in [7, 11) is 0. The van der Waals surface area contributed by atoms with E-state index in [1.54, 1.807) is 24.5 Å². The molecule has 3 rings (SSSR count). The molecule has 1 atom stereocenters. The first-order valence-corrected chi connectivity index (χ1v) is 6.99. The normalized spacial score (nSPS) is 12.3. The lowest BCUT2D eigenvalue weighted by Gasteiger charge is -2.13. The second kappa shape index (κ2) is 6.08. The molecule has 2 heterocycles. The molecule has 3 aromatic rings. The Morgan fingerprint density at radius 1 is 1.10 bits per heavy atom. The predicted octanol–water partition coefficient (Wildman–Crippen LogP) is 3.43. The van der Waals surface area contributed by atoms with Crippen molar-refractivity contribution in [3.8, 4) is 0 Å². The Morgan fingerprint density at radius 3 is 2.86 bits per heavy atom. The average molecular weight is 300 g/mol. The maximum absolute atomic E-state index is 10.2. The summed E-state index contributed by atoms with van der Waals surface area (Å²) in [6, 6.07) is 13.0. The van der Waals surface area contributed by atoms with Crippen LogP contribution in [0, 0.1) is 0 Å². The summed E-state index contributed by atoms with van der Waals surface area (Å²) in [4.78, 5) is 8.60. The molecule has 0 aliphatic heterocycles. The van der Waals surface area contributed by atoms with Crippen molar-refractivity contribution in [1.29, 1.82) is 0 Å². The van der Waals surface area contributed by atoms with Crippen LogP contribution in [0.4, 0.5) is 5.82 Å². The number of benzene rings is 1. The molecule has 0 amide bonds. The first-order valence-electron chi connectivity index (χ1n) is 6.61. The summed E-state index contributed by atoms with van der Waals surface area (Å²) >= 11 is 5.93. The zero-order valence-corrected chi connectivity index (χ0v) is 12.0. The molecular weight excluding hydrogens is 286 g/mol. The standard InChI is InChI=1S/C16H14ClN3O/c17-13-5-1-3-12(9-13)14(21)10-20-16-15-11(6-8-19-16)4-2-7-18-15/h1-9,14,21H,10H2,(H,19,20). The van der Waals surface area contributed by atoms with E-state index in [1.165, 1.54) is 0 Å². The third-order valence-electron chi connectivity index (χ3n) is 3.22. The minimum atomic E-state index is -0.663. The zero-order valence-electron chi connectivity index (χ0n) is 11.2. The van der Waals surface area contributed by atoms with Crippen molar-refractivity contribution >= 4 is 28.3 Å². The van der Waals surface area contributed by atoms with Gasteiger partial charge in [0.25, 0.3) is 0 Å². The molecule has 1 unspecified atom stereocenters. The van der Waals surface area contributed by atoms with Gasteiger partial charge in [0.15, 0.2) is 5.82 Å². The van der Waals surface area contributed by atoms with E-state index in [4.69, 9.17) is 11.6 Å². The number of aromatic nitrogens is 2. The molecule has 0 aliphatic rings. The lowest BCUT2D eigenvalue weighted by molar-refractivity contribution is 0.191. The fraction of sp³-hybridized carbons (Fsp3) is 0.125. The summed E-state index contributed by atoms with van der Waals surface area (Å²) in [5, 5.41) is 15.0. The zero-order chi connectivity index (χ0) is 14.7. The van der Waals surface area contributed by atoms with E-state index in [2.05, 4.69) is 15.3 Å². The van der Waals surface area contributed by atoms with Gasteiger partial charge in [-0.25, -0.2) is 4.98 Å². The van der Waals surface area contributed by atoms with E-state index < -0.39 is 6.10 Å². The van der Waals surface area contributed by atoms with Crippen LogP contribution in [0.1, 0.15) is 11.7 Å². The van der Waals surface area contributed by atoms with E-state index in [9.17, 15) is 5.11 Å². The number of aliphatic hydroxyl groups excluding tert-OH is 1. The van der Waals surface area contributed by atoms with Crippen molar-refractivity contribution in [1.82, 2.24) is 9.97 Å². The minimum Gasteiger partial charge on any atom is -0.387 e. The largest absolute Gasteiger partial charge is 0.387 e. The third-order valence-corrected chi connectivity index (χ3v) is 3.45. The highest BCUT2D eigenvalue weighted by molar-refractivity contribution is 6.30. The Labute approximate surface area is 127 Å². The van der Waals surface area contributed by atoms with Crippen molar-refractivity contribution in [2.24, 2.45) is 0 Å². The van der Waals surface area contributed by atoms with Gasteiger partial charge in [-0.15, -0.1) is 0 Å². The second-order valence-corrected chi connectivity index (χ2v) is 5.12. The van der Waals surface area contributed by atoms with Crippen LogP contribution >= 0.6 is 11.6 Å². The first kappa shape index (κ1) is 13.8. The summed E-state index contributed by atoms with van der Waals surface area (Å²) < 4.78 is 0. The van der Waals surface area contributed by atoms with Crippen molar-refractivity contribution in [3.63, 3.8) is 0 Å². The van der Waals surface area contributed by atoms with Gasteiger partial charge < -0.3 is 10.4 Å². The molecule has 5 heteroatoms. The fourth-order valence-corrected chi connectivity index (χ4v) is 2.36. The summed E-state index contributed by atoms with van der Waals surface area (Å²) in [6.45, 7) is 0.336. The molecule has 0 radical (unpaired) electrons. The monoisotopic (exact) mass is 299 g/mol. The Morgan fingerprint density at radius 2 is 2.00 bits per heavy atom. The van der Waals surface area contributed by atoms with Gasteiger partial charge in [0, 0.05) is 29.3 Å². The van der Waals surface area contributed by atoms with Crippen molar-refractivity contribution in [2.45, 2.75) is 6.10 Å². The minimum absolute atomic E-state index is 0.336. The maximum Gasteiger partial charge on any atom is 0.152 e. The van der Waals surface area contributed by atoms with Crippen LogP contribution in [0.5, 0.6) is 0 Å². The molecule has 0 spiro atoms. The van der Waals surface area contributed by atoms with Gasteiger partial charge in [0.1, 0.15) is 5.52 Å². The SMILES string of the molecule is OC(CNc1nccc2cccnc12)c1cccc(Cl)c1. The number of nitrogens with zero attached hydrogens (tertiary/aromatic N) is 2. The molecule has 0 aliphatic carbocycles. The summed E-state index contributed by atoms with van der Waals surface area (Å²) in [6.07, 6.45) is 2.78. The van der Waals surface area contributed by atoms with Crippen LogP contribution in [0.25, 0.3) is 10.9 Å². The van der Waals surface area contributed by atoms with E-state index in [0.29, 0.717) is 17.4 Å². The predicted molar refractivity (Wildman–Crippen MR) is 84.4 cm³/mol. The Kier molecular flexibility index (Phi) is 3.99. The van der Waals surface area contributed by atoms with Crippen LogP contribution < -0.4 is 5.32 Å². The number of aliphatic hydroxyl groups is 1. The van der Waals surface area contributed by atoms with Gasteiger partial charge in [-0.05, 0) is 29.8 Å². The lowest BCUT2D eigenvalue weighted by Crippen LogP contribution is -2.13. The fourth-order valence-electron chi connectivity index (χ4n) is 2.16. The van der Waals surface area contributed by atoms with Crippen molar-refractivity contribution in [2.75, 3.05) is 11.9 Å². The van der Waals surface area contributed by atoms with Gasteiger partial charge in [-0.2, -0.15) is 0 Å². The van der Waals surface area contributed by atoms with E-state index in [1.807, 2.05) is 30.3 Å². The lowest BCUT2D eigenvalue weighted by atomic mass is 10.1. The highest BCUT2D eigenvalue weighted by Gasteiger charge is 2.09. The van der Waals surface area contributed by atoms with Gasteiger partial charge in [0.2, 0.25) is 0 Å². The number of nitrogens with one attached hydrogen (secondary N) is 1. The molecule has 106 valence electrons. The first-order chi connectivity index (χ1) is 10.2. The van der Waals surface area contributed by atoms with Crippen LogP contribution in [0.2, 0.25) is 5.02 Å². The molecule has 21 heavy (non-hydrogen) atoms. The van der Waals surface area contributed by atoms with Gasteiger partial charge in [0.05, 0.1) is 6.10 Å². The molecule has 0 saturated heterocycles. The quantitative estimate of drug-likeness (QED) is 0.775. The Hall–Kier alpha value is -2.17. The number of hydrogen-bond donors (Lipinski definition) is 2. The summed E-state index contributed by atoms with van der Waals surface area (Å²) in [5.41, 5.74) is 1.56. The van der Waals surface area contributed by atoms with Crippen LogP contribution in [0.15, 0.2) is 54.9 Å². The average Bonchev–Trinajstić information content (AvgIpc) is 2.52. The number of halogens is 1. The number of hydrogen-bond acceptors (Lipinski definition) is 4. The number of fused-ring (bicyclic) bond motifs is 1. The molecule has 2 aromatic heterocycles. The molecule has 2 N–H and O–H groups in total. The molecule has 4 nitrogen and oxygen atoms in total. The number of rotatable bonds is 4. The van der Waals surface area contributed by atoms with E-state index in [-0.39, 0.29) is 0 Å². The van der Waals surface area contributed by atoms with Crippen molar-refractivity contribution in [3.05, 3.63) is 65.4 Å². The van der Waals surface area contributed by atoms with Gasteiger partial charge in [-0.3, -0.25) is 4.98 Å². The van der Waals surface area contributed by atoms with E-state index in [0.717, 1.165) is 16.5 Å². The Bertz CT molecular complexity index is 758. The molecule has 0 fully saturated rings. The van der Waals surface area contributed by atoms with Crippen molar-refractivity contribution < 1.29 is 5.11 Å². The maximum atomic E-state index is 10.2. The molecule has 1 aromatic carbocycles. The highest BCUT2D eigenvalue weighted by atomic mass is 35.5. The van der Waals surface area contributed by atoms with Gasteiger partial charge >= 0.3 is 0 Å². The van der Waals surface area contributed by atoms with Gasteiger partial charge in [-0.1, -0.05) is 29.8 Å². The number of pyridine rings is 2. The summed E-state index contributed by atoms with van der Waals surface area (Å²) in [5.74, 6) is 0.661. The molecule has 0 saturated carbocycles.